The van der Waals surface area contributed by atoms with Crippen LogP contribution in [0.5, 0.6) is 5.75 Å². The van der Waals surface area contributed by atoms with Crippen molar-refractivity contribution in [2.24, 2.45) is 11.8 Å². The summed E-state index contributed by atoms with van der Waals surface area (Å²) in [7, 11) is 1.40. The van der Waals surface area contributed by atoms with E-state index < -0.39 is 30.9 Å². The third kappa shape index (κ3) is 4.44. The van der Waals surface area contributed by atoms with E-state index in [1.54, 1.807) is 18.2 Å². The summed E-state index contributed by atoms with van der Waals surface area (Å²) in [5.74, 6) is -3.54. The largest absolute Gasteiger partial charge is 0.496 e. The zero-order chi connectivity index (χ0) is 21.0. The Kier molecular flexibility index (Phi) is 6.26. The summed E-state index contributed by atoms with van der Waals surface area (Å²) in [4.78, 5) is 61.7. The van der Waals surface area contributed by atoms with Crippen molar-refractivity contribution in [3.8, 4) is 5.75 Å². The van der Waals surface area contributed by atoms with Gasteiger partial charge in [-0.1, -0.05) is 25.0 Å². The molecule has 0 unspecified atom stereocenters. The van der Waals surface area contributed by atoms with Gasteiger partial charge in [-0.15, -0.1) is 0 Å². The second-order valence-corrected chi connectivity index (χ2v) is 7.00. The molecule has 1 saturated heterocycles. The molecule has 1 aromatic rings. The molecular weight excluding hydrogens is 380 g/mol. The molecule has 1 aromatic carbocycles. The van der Waals surface area contributed by atoms with Crippen LogP contribution in [0.25, 0.3) is 0 Å². The van der Waals surface area contributed by atoms with Crippen LogP contribution in [0.3, 0.4) is 0 Å². The number of nitrogens with one attached hydrogen (secondary N) is 1. The third-order valence-corrected chi connectivity index (χ3v) is 5.19. The minimum absolute atomic E-state index is 0.158. The molecule has 1 N–H and O–H groups in total. The van der Waals surface area contributed by atoms with Gasteiger partial charge in [0.1, 0.15) is 12.3 Å². The quantitative estimate of drug-likeness (QED) is 0.549. The molecule has 1 aliphatic heterocycles. The van der Waals surface area contributed by atoms with Gasteiger partial charge in [-0.25, -0.2) is 0 Å². The van der Waals surface area contributed by atoms with Gasteiger partial charge < -0.3 is 9.47 Å². The fourth-order valence-corrected chi connectivity index (χ4v) is 3.77. The van der Waals surface area contributed by atoms with Crippen LogP contribution in [0.1, 0.15) is 36.0 Å². The lowest BCUT2D eigenvalue weighted by molar-refractivity contribution is -0.154. The lowest BCUT2D eigenvalue weighted by atomic mass is 9.81. The number of methoxy groups -OCH3 is 1. The highest BCUT2D eigenvalue weighted by molar-refractivity contribution is 6.08. The van der Waals surface area contributed by atoms with Crippen molar-refractivity contribution in [3.63, 3.8) is 0 Å². The highest BCUT2D eigenvalue weighted by Gasteiger charge is 2.48. The summed E-state index contributed by atoms with van der Waals surface area (Å²) in [6, 6.07) is 6.35. The fraction of sp³-hybridized carbons (Fsp3) is 0.450. The van der Waals surface area contributed by atoms with E-state index in [0.717, 1.165) is 17.7 Å². The molecule has 0 spiro atoms. The minimum Gasteiger partial charge on any atom is -0.496 e. The monoisotopic (exact) mass is 402 g/mol. The molecular formula is C20H22N2O7. The maximum atomic E-state index is 12.3. The van der Waals surface area contributed by atoms with Crippen molar-refractivity contribution in [3.05, 3.63) is 29.8 Å². The van der Waals surface area contributed by atoms with Crippen molar-refractivity contribution in [1.29, 1.82) is 0 Å². The number of ether oxygens (including phenoxy) is 2. The first-order chi connectivity index (χ1) is 13.9. The first kappa shape index (κ1) is 20.5. The number of hydrogen-bond acceptors (Lipinski definition) is 7. The van der Waals surface area contributed by atoms with Gasteiger partial charge in [0.25, 0.3) is 11.8 Å². The summed E-state index contributed by atoms with van der Waals surface area (Å²) < 4.78 is 9.88. The Morgan fingerprint density at radius 2 is 1.69 bits per heavy atom. The number of esters is 1. The summed E-state index contributed by atoms with van der Waals surface area (Å²) in [6.45, 7) is -1.23. The Balaban J connectivity index is 1.49. The van der Waals surface area contributed by atoms with E-state index >= 15 is 0 Å². The van der Waals surface area contributed by atoms with Gasteiger partial charge in [0, 0.05) is 0 Å². The summed E-state index contributed by atoms with van der Waals surface area (Å²) >= 11 is 0. The molecule has 3 rings (SSSR count). The molecule has 2 aliphatic rings. The van der Waals surface area contributed by atoms with Gasteiger partial charge in [-0.05, 0) is 25.0 Å². The third-order valence-electron chi connectivity index (χ3n) is 5.19. The van der Waals surface area contributed by atoms with E-state index in [1.165, 1.54) is 13.2 Å². The van der Waals surface area contributed by atoms with Gasteiger partial charge in [0.2, 0.25) is 11.8 Å². The van der Waals surface area contributed by atoms with E-state index in [0.29, 0.717) is 18.6 Å². The topological polar surface area (TPSA) is 119 Å². The Bertz CT molecular complexity index is 827. The molecule has 1 heterocycles. The van der Waals surface area contributed by atoms with Crippen LogP contribution in [0.15, 0.2) is 24.3 Å². The molecule has 0 bridgehead atoms. The second-order valence-electron chi connectivity index (χ2n) is 7.00. The highest BCUT2D eigenvalue weighted by atomic mass is 16.5. The predicted molar refractivity (Wildman–Crippen MR) is 98.6 cm³/mol. The maximum Gasteiger partial charge on any atom is 0.326 e. The van der Waals surface area contributed by atoms with E-state index in [1.807, 2.05) is 0 Å². The number of hydrogen-bond donors (Lipinski definition) is 1. The van der Waals surface area contributed by atoms with Crippen LogP contribution in [-0.4, -0.2) is 54.8 Å². The van der Waals surface area contributed by atoms with Crippen molar-refractivity contribution >= 4 is 29.6 Å². The van der Waals surface area contributed by atoms with Gasteiger partial charge in [0.15, 0.2) is 6.61 Å². The van der Waals surface area contributed by atoms with Crippen LogP contribution < -0.4 is 10.1 Å². The number of benzene rings is 1. The Morgan fingerprint density at radius 1 is 1.07 bits per heavy atom. The second kappa shape index (κ2) is 8.85. The molecule has 4 amide bonds. The maximum absolute atomic E-state index is 12.3. The average Bonchev–Trinajstić information content (AvgIpc) is 2.97. The molecule has 1 saturated carbocycles. The molecule has 0 aromatic heterocycles. The number of imide groups is 2. The number of amides is 4. The predicted octanol–water partition coefficient (Wildman–Crippen LogP) is 0.670. The molecule has 2 atom stereocenters. The summed E-state index contributed by atoms with van der Waals surface area (Å²) in [5, 5.41) is 2.10. The van der Waals surface area contributed by atoms with Crippen molar-refractivity contribution < 1.29 is 33.4 Å². The number of carbonyl (C=O) groups excluding carboxylic acids is 5. The van der Waals surface area contributed by atoms with E-state index in [4.69, 9.17) is 9.47 Å². The van der Waals surface area contributed by atoms with Crippen LogP contribution in [-0.2, 0) is 23.9 Å². The standard InChI is InChI=1S/C20H22N2O7/c1-28-15-9-5-4-8-14(15)18(25)21-16(23)11-29-17(24)10-22-19(26)12-6-2-3-7-13(12)20(22)27/h4-5,8-9,12-13H,2-3,6-7,10-11H2,1H3,(H,21,23,25)/t12-,13-/m1/s1. The van der Waals surface area contributed by atoms with E-state index in [-0.39, 0.29) is 29.2 Å². The highest BCUT2D eigenvalue weighted by Crippen LogP contribution is 2.37. The van der Waals surface area contributed by atoms with Gasteiger partial charge >= 0.3 is 5.97 Å². The number of para-hydroxylation sites is 1. The molecule has 29 heavy (non-hydrogen) atoms. The molecule has 9 heteroatoms. The lowest BCUT2D eigenvalue weighted by Gasteiger charge is -2.19. The SMILES string of the molecule is COc1ccccc1C(=O)NC(=O)COC(=O)CN1C(=O)[C@@H]2CCCC[C@H]2C1=O. The van der Waals surface area contributed by atoms with Gasteiger partial charge in [-0.2, -0.15) is 0 Å². The number of likely N-dealkylation sites (tertiary alicyclic amines) is 1. The van der Waals surface area contributed by atoms with Crippen LogP contribution in [0.2, 0.25) is 0 Å². The number of rotatable bonds is 6. The smallest absolute Gasteiger partial charge is 0.326 e. The summed E-state index contributed by atoms with van der Waals surface area (Å²) in [5.41, 5.74) is 0.158. The van der Waals surface area contributed by atoms with Crippen molar-refractivity contribution in [1.82, 2.24) is 10.2 Å². The number of fused-ring (bicyclic) bond motifs is 1. The minimum atomic E-state index is -0.884. The van der Waals surface area contributed by atoms with Crippen molar-refractivity contribution in [2.75, 3.05) is 20.3 Å². The van der Waals surface area contributed by atoms with Crippen molar-refractivity contribution in [2.45, 2.75) is 25.7 Å². The Labute approximate surface area is 167 Å². The number of carbonyl (C=O) groups is 5. The normalized spacial score (nSPS) is 20.8. The van der Waals surface area contributed by atoms with Gasteiger partial charge in [-0.3, -0.25) is 34.2 Å². The fourth-order valence-electron chi connectivity index (χ4n) is 3.77. The van der Waals surface area contributed by atoms with Crippen LogP contribution >= 0.6 is 0 Å². The first-order valence-electron chi connectivity index (χ1n) is 9.40. The number of nitrogens with zero attached hydrogens (tertiary/aromatic N) is 1. The lowest BCUT2D eigenvalue weighted by Crippen LogP contribution is -2.39. The Hall–Kier alpha value is -3.23. The first-order valence-corrected chi connectivity index (χ1v) is 9.40. The molecule has 2 fully saturated rings. The Morgan fingerprint density at radius 3 is 2.31 bits per heavy atom. The average molecular weight is 402 g/mol. The summed E-state index contributed by atoms with van der Waals surface area (Å²) in [6.07, 6.45) is 3.07. The zero-order valence-electron chi connectivity index (χ0n) is 16.0. The molecule has 1 aliphatic carbocycles. The van der Waals surface area contributed by atoms with E-state index in [9.17, 15) is 24.0 Å². The zero-order valence-corrected chi connectivity index (χ0v) is 16.0. The van der Waals surface area contributed by atoms with Crippen LogP contribution in [0.4, 0.5) is 0 Å². The molecule has 9 nitrogen and oxygen atoms in total. The van der Waals surface area contributed by atoms with Crippen LogP contribution in [0, 0.1) is 11.8 Å². The molecule has 154 valence electrons. The van der Waals surface area contributed by atoms with Gasteiger partial charge in [0.05, 0.1) is 24.5 Å². The molecule has 0 radical (unpaired) electrons. The van der Waals surface area contributed by atoms with E-state index in [2.05, 4.69) is 5.32 Å².